The van der Waals surface area contributed by atoms with Gasteiger partial charge in [-0.1, -0.05) is 19.9 Å². The molecule has 1 aromatic rings. The maximum Gasteiger partial charge on any atom is 0.125 e. The Bertz CT molecular complexity index is 305. The highest BCUT2D eigenvalue weighted by atomic mass is 16.5. The summed E-state index contributed by atoms with van der Waals surface area (Å²) < 4.78 is 10.9. The van der Waals surface area contributed by atoms with E-state index in [2.05, 4.69) is 13.8 Å². The van der Waals surface area contributed by atoms with E-state index in [0.717, 1.165) is 30.1 Å². The molecule has 0 spiro atoms. The summed E-state index contributed by atoms with van der Waals surface area (Å²) in [7, 11) is 1.68. The zero-order valence-electron chi connectivity index (χ0n) is 10.0. The lowest BCUT2D eigenvalue weighted by Gasteiger charge is -2.10. The highest BCUT2D eigenvalue weighted by molar-refractivity contribution is 5.39. The summed E-state index contributed by atoms with van der Waals surface area (Å²) in [5.74, 6) is 2.45. The van der Waals surface area contributed by atoms with E-state index in [4.69, 9.17) is 9.47 Å². The molecule has 0 radical (unpaired) electrons. The molecule has 0 N–H and O–H groups in total. The van der Waals surface area contributed by atoms with E-state index >= 15 is 0 Å². The van der Waals surface area contributed by atoms with Crippen molar-refractivity contribution in [2.24, 2.45) is 5.92 Å². The lowest BCUT2D eigenvalue weighted by atomic mass is 10.1. The molecule has 0 aliphatic heterocycles. The highest BCUT2D eigenvalue weighted by Gasteiger charge is 2.01. The molecule has 0 aliphatic carbocycles. The fourth-order valence-corrected chi connectivity index (χ4v) is 1.30. The van der Waals surface area contributed by atoms with E-state index in [-0.39, 0.29) is 0 Å². The molecule has 84 valence electrons. The fourth-order valence-electron chi connectivity index (χ4n) is 1.30. The molecule has 2 heteroatoms. The minimum atomic E-state index is 0.678. The van der Waals surface area contributed by atoms with Gasteiger partial charge in [0.25, 0.3) is 0 Å². The first-order valence-electron chi connectivity index (χ1n) is 5.41. The van der Waals surface area contributed by atoms with Gasteiger partial charge in [-0.3, -0.25) is 0 Å². The fraction of sp³-hybridized carbons (Fsp3) is 0.538. The van der Waals surface area contributed by atoms with Crippen LogP contribution in [0.1, 0.15) is 25.8 Å². The minimum Gasteiger partial charge on any atom is -0.496 e. The standard InChI is InChI=1S/C13H20O2/c1-10(2)7-8-15-12-6-5-11(3)13(9-12)14-4/h5-6,9-10H,7-8H2,1-4H3. The van der Waals surface area contributed by atoms with Gasteiger partial charge in [0.05, 0.1) is 13.7 Å². The van der Waals surface area contributed by atoms with Crippen molar-refractivity contribution in [3.8, 4) is 11.5 Å². The smallest absolute Gasteiger partial charge is 0.125 e. The van der Waals surface area contributed by atoms with Crippen molar-refractivity contribution in [3.63, 3.8) is 0 Å². The zero-order chi connectivity index (χ0) is 11.3. The number of methoxy groups -OCH3 is 1. The van der Waals surface area contributed by atoms with Gasteiger partial charge in [-0.05, 0) is 30.9 Å². The third-order valence-corrected chi connectivity index (χ3v) is 2.34. The van der Waals surface area contributed by atoms with E-state index in [9.17, 15) is 0 Å². The first kappa shape index (κ1) is 11.9. The highest BCUT2D eigenvalue weighted by Crippen LogP contribution is 2.23. The van der Waals surface area contributed by atoms with Crippen LogP contribution in [0.3, 0.4) is 0 Å². The van der Waals surface area contributed by atoms with Crippen molar-refractivity contribution in [1.29, 1.82) is 0 Å². The molecule has 0 aromatic heterocycles. The quantitative estimate of drug-likeness (QED) is 0.738. The molecule has 1 aromatic carbocycles. The van der Waals surface area contributed by atoms with Crippen LogP contribution in [0, 0.1) is 12.8 Å². The Morgan fingerprint density at radius 2 is 2.00 bits per heavy atom. The van der Waals surface area contributed by atoms with Gasteiger partial charge in [-0.15, -0.1) is 0 Å². The summed E-state index contributed by atoms with van der Waals surface area (Å²) in [6, 6.07) is 5.94. The Balaban J connectivity index is 2.54. The lowest BCUT2D eigenvalue weighted by molar-refractivity contribution is 0.287. The maximum absolute atomic E-state index is 5.63. The Hall–Kier alpha value is -1.18. The van der Waals surface area contributed by atoms with Gasteiger partial charge in [-0.2, -0.15) is 0 Å². The van der Waals surface area contributed by atoms with Gasteiger partial charge in [0, 0.05) is 6.07 Å². The molecular weight excluding hydrogens is 188 g/mol. The molecule has 0 atom stereocenters. The molecule has 0 heterocycles. The van der Waals surface area contributed by atoms with E-state index < -0.39 is 0 Å². The number of hydrogen-bond donors (Lipinski definition) is 0. The summed E-state index contributed by atoms with van der Waals surface area (Å²) in [5, 5.41) is 0. The summed E-state index contributed by atoms with van der Waals surface area (Å²) in [5.41, 5.74) is 1.13. The van der Waals surface area contributed by atoms with Crippen molar-refractivity contribution in [3.05, 3.63) is 23.8 Å². The second kappa shape index (κ2) is 5.64. The van der Waals surface area contributed by atoms with Crippen LogP contribution in [0.25, 0.3) is 0 Å². The molecule has 2 nitrogen and oxygen atoms in total. The van der Waals surface area contributed by atoms with Crippen molar-refractivity contribution >= 4 is 0 Å². The Kier molecular flexibility index (Phi) is 4.47. The largest absolute Gasteiger partial charge is 0.496 e. The van der Waals surface area contributed by atoms with Crippen molar-refractivity contribution in [1.82, 2.24) is 0 Å². The number of benzene rings is 1. The van der Waals surface area contributed by atoms with E-state index in [1.165, 1.54) is 0 Å². The van der Waals surface area contributed by atoms with Crippen LogP contribution in [-0.2, 0) is 0 Å². The van der Waals surface area contributed by atoms with Crippen LogP contribution in [0.4, 0.5) is 0 Å². The molecule has 0 unspecified atom stereocenters. The molecule has 0 amide bonds. The summed E-state index contributed by atoms with van der Waals surface area (Å²) in [4.78, 5) is 0. The molecule has 0 saturated carbocycles. The van der Waals surface area contributed by atoms with Crippen molar-refractivity contribution in [2.75, 3.05) is 13.7 Å². The minimum absolute atomic E-state index is 0.678. The first-order valence-corrected chi connectivity index (χ1v) is 5.41. The normalized spacial score (nSPS) is 10.5. The second-order valence-corrected chi connectivity index (χ2v) is 4.16. The first-order chi connectivity index (χ1) is 7.13. The van der Waals surface area contributed by atoms with Gasteiger partial charge in [0.1, 0.15) is 11.5 Å². The predicted octanol–water partition coefficient (Wildman–Crippen LogP) is 3.43. The lowest BCUT2D eigenvalue weighted by Crippen LogP contribution is -2.01. The molecule has 0 aliphatic rings. The van der Waals surface area contributed by atoms with Crippen LogP contribution < -0.4 is 9.47 Å². The molecule has 1 rings (SSSR count). The Morgan fingerprint density at radius 1 is 1.27 bits per heavy atom. The van der Waals surface area contributed by atoms with Crippen LogP contribution >= 0.6 is 0 Å². The Morgan fingerprint density at radius 3 is 2.60 bits per heavy atom. The molecule has 0 bridgehead atoms. The topological polar surface area (TPSA) is 18.5 Å². The summed E-state index contributed by atoms with van der Waals surface area (Å²) in [6.07, 6.45) is 1.08. The van der Waals surface area contributed by atoms with Crippen LogP contribution in [0.15, 0.2) is 18.2 Å². The number of ether oxygens (including phenoxy) is 2. The monoisotopic (exact) mass is 208 g/mol. The molecular formula is C13H20O2. The SMILES string of the molecule is COc1cc(OCCC(C)C)ccc1C. The molecule has 0 saturated heterocycles. The van der Waals surface area contributed by atoms with Crippen molar-refractivity contribution < 1.29 is 9.47 Å². The summed E-state index contributed by atoms with van der Waals surface area (Å²) >= 11 is 0. The van der Waals surface area contributed by atoms with E-state index in [1.54, 1.807) is 7.11 Å². The van der Waals surface area contributed by atoms with Gasteiger partial charge < -0.3 is 9.47 Å². The van der Waals surface area contributed by atoms with E-state index in [0.29, 0.717) is 5.92 Å². The van der Waals surface area contributed by atoms with Gasteiger partial charge in [-0.25, -0.2) is 0 Å². The summed E-state index contributed by atoms with van der Waals surface area (Å²) in [6.45, 7) is 7.18. The van der Waals surface area contributed by atoms with E-state index in [1.807, 2.05) is 25.1 Å². The van der Waals surface area contributed by atoms with Crippen molar-refractivity contribution in [2.45, 2.75) is 27.2 Å². The van der Waals surface area contributed by atoms with Gasteiger partial charge >= 0.3 is 0 Å². The molecule has 0 fully saturated rings. The van der Waals surface area contributed by atoms with Crippen LogP contribution in [0.5, 0.6) is 11.5 Å². The van der Waals surface area contributed by atoms with Gasteiger partial charge in [0.15, 0.2) is 0 Å². The third-order valence-electron chi connectivity index (χ3n) is 2.34. The zero-order valence-corrected chi connectivity index (χ0v) is 10.0. The maximum atomic E-state index is 5.63. The molecule has 15 heavy (non-hydrogen) atoms. The predicted molar refractivity (Wildman–Crippen MR) is 62.7 cm³/mol. The number of aryl methyl sites for hydroxylation is 1. The number of rotatable bonds is 5. The van der Waals surface area contributed by atoms with Crippen LogP contribution in [-0.4, -0.2) is 13.7 Å². The number of hydrogen-bond acceptors (Lipinski definition) is 2. The Labute approximate surface area is 92.2 Å². The third kappa shape index (κ3) is 3.82. The second-order valence-electron chi connectivity index (χ2n) is 4.16. The van der Waals surface area contributed by atoms with Crippen LogP contribution in [0.2, 0.25) is 0 Å². The average molecular weight is 208 g/mol. The average Bonchev–Trinajstić information content (AvgIpc) is 2.20. The van der Waals surface area contributed by atoms with Gasteiger partial charge in [0.2, 0.25) is 0 Å².